The van der Waals surface area contributed by atoms with E-state index in [9.17, 15) is 19.5 Å². The highest BCUT2D eigenvalue weighted by Gasteiger charge is 2.33. The third kappa shape index (κ3) is 7.72. The first-order valence-electron chi connectivity index (χ1n) is 14.3. The number of nitrogens with zero attached hydrogens (tertiary/aromatic N) is 4. The van der Waals surface area contributed by atoms with Gasteiger partial charge in [0.15, 0.2) is 0 Å². The summed E-state index contributed by atoms with van der Waals surface area (Å²) >= 11 is 12.3. The molecule has 0 aliphatic carbocycles. The highest BCUT2D eigenvalue weighted by Crippen LogP contribution is 2.26. The first-order valence-corrected chi connectivity index (χ1v) is 15.0. The SMILES string of the molecule is O=C(O)CN(Cc1ccccc1Cl)C(=O)c1cnc(N2CCC[C@@H]2C(=O)Nc2ccc(Cl)cc2)nc1CCc1ccccc1. The molecule has 226 valence electrons. The van der Waals surface area contributed by atoms with Crippen LogP contribution in [0.4, 0.5) is 11.6 Å². The zero-order valence-corrected chi connectivity index (χ0v) is 25.3. The number of hydrogen-bond acceptors (Lipinski definition) is 6. The number of carbonyl (C=O) groups excluding carboxylic acids is 2. The molecular formula is C33H31Cl2N5O4. The van der Waals surface area contributed by atoms with Gasteiger partial charge < -0.3 is 20.2 Å². The van der Waals surface area contributed by atoms with E-state index in [0.717, 1.165) is 12.0 Å². The van der Waals surface area contributed by atoms with Gasteiger partial charge in [0.2, 0.25) is 11.9 Å². The molecule has 4 aromatic rings. The Hall–Kier alpha value is -4.47. The number of anilines is 2. The Bertz CT molecular complexity index is 1640. The number of halogens is 2. The molecule has 1 aromatic heterocycles. The number of carbonyl (C=O) groups is 3. The van der Waals surface area contributed by atoms with Crippen LogP contribution in [0, 0.1) is 0 Å². The molecule has 11 heteroatoms. The van der Waals surface area contributed by atoms with E-state index in [0.29, 0.717) is 58.7 Å². The van der Waals surface area contributed by atoms with Crippen LogP contribution in [0.15, 0.2) is 85.1 Å². The molecule has 0 unspecified atom stereocenters. The van der Waals surface area contributed by atoms with Crippen molar-refractivity contribution in [3.63, 3.8) is 0 Å². The molecule has 3 aromatic carbocycles. The zero-order valence-electron chi connectivity index (χ0n) is 23.8. The number of hydrogen-bond donors (Lipinski definition) is 2. The van der Waals surface area contributed by atoms with Crippen LogP contribution in [0.25, 0.3) is 0 Å². The molecule has 2 N–H and O–H groups in total. The number of aliphatic carboxylic acids is 1. The fourth-order valence-corrected chi connectivity index (χ4v) is 5.55. The quantitative estimate of drug-likeness (QED) is 0.212. The van der Waals surface area contributed by atoms with Crippen molar-refractivity contribution in [2.75, 3.05) is 23.3 Å². The van der Waals surface area contributed by atoms with Crippen molar-refractivity contribution in [1.29, 1.82) is 0 Å². The van der Waals surface area contributed by atoms with Gasteiger partial charge in [0.1, 0.15) is 12.6 Å². The van der Waals surface area contributed by atoms with Gasteiger partial charge in [0.05, 0.1) is 11.3 Å². The number of nitrogens with one attached hydrogen (secondary N) is 1. The van der Waals surface area contributed by atoms with Crippen LogP contribution >= 0.6 is 23.2 Å². The molecule has 2 heterocycles. The van der Waals surface area contributed by atoms with Crippen molar-refractivity contribution < 1.29 is 19.5 Å². The lowest BCUT2D eigenvalue weighted by Gasteiger charge is -2.26. The molecule has 0 bridgehead atoms. The fourth-order valence-electron chi connectivity index (χ4n) is 5.22. The average molecular weight is 633 g/mol. The molecular weight excluding hydrogens is 601 g/mol. The Morgan fingerprint density at radius 1 is 0.955 bits per heavy atom. The number of carboxylic acids is 1. The fraction of sp³-hybridized carbons (Fsp3) is 0.242. The number of rotatable bonds is 11. The summed E-state index contributed by atoms with van der Waals surface area (Å²) in [5.41, 5.74) is 3.00. The predicted molar refractivity (Wildman–Crippen MR) is 170 cm³/mol. The summed E-state index contributed by atoms with van der Waals surface area (Å²) in [6, 6.07) is 23.2. The van der Waals surface area contributed by atoms with Gasteiger partial charge in [0.25, 0.3) is 5.91 Å². The van der Waals surface area contributed by atoms with Gasteiger partial charge in [-0.15, -0.1) is 0 Å². The lowest BCUT2D eigenvalue weighted by Crippen LogP contribution is -2.41. The molecule has 0 saturated carbocycles. The van der Waals surface area contributed by atoms with E-state index in [2.05, 4.69) is 10.3 Å². The van der Waals surface area contributed by atoms with Crippen molar-refractivity contribution in [1.82, 2.24) is 14.9 Å². The van der Waals surface area contributed by atoms with Crippen molar-refractivity contribution in [3.05, 3.63) is 117 Å². The van der Waals surface area contributed by atoms with Crippen LogP contribution in [0.5, 0.6) is 0 Å². The molecule has 44 heavy (non-hydrogen) atoms. The lowest BCUT2D eigenvalue weighted by atomic mass is 10.0. The Morgan fingerprint density at radius 3 is 2.41 bits per heavy atom. The van der Waals surface area contributed by atoms with Crippen LogP contribution in [0.1, 0.15) is 40.0 Å². The van der Waals surface area contributed by atoms with Crippen LogP contribution in [0.2, 0.25) is 10.0 Å². The van der Waals surface area contributed by atoms with Crippen LogP contribution in [0.3, 0.4) is 0 Å². The highest BCUT2D eigenvalue weighted by molar-refractivity contribution is 6.31. The van der Waals surface area contributed by atoms with Gasteiger partial charge in [-0.1, -0.05) is 71.7 Å². The summed E-state index contributed by atoms with van der Waals surface area (Å²) < 4.78 is 0. The molecule has 1 saturated heterocycles. The van der Waals surface area contributed by atoms with Gasteiger partial charge in [-0.2, -0.15) is 0 Å². The molecule has 1 aliphatic rings. The van der Waals surface area contributed by atoms with E-state index < -0.39 is 24.5 Å². The second-order valence-electron chi connectivity index (χ2n) is 10.5. The van der Waals surface area contributed by atoms with E-state index in [1.165, 1.54) is 11.1 Å². The number of benzene rings is 3. The summed E-state index contributed by atoms with van der Waals surface area (Å²) in [5, 5.41) is 13.6. The van der Waals surface area contributed by atoms with E-state index in [4.69, 9.17) is 28.2 Å². The van der Waals surface area contributed by atoms with Crippen LogP contribution < -0.4 is 10.2 Å². The van der Waals surface area contributed by atoms with Crippen molar-refractivity contribution in [2.45, 2.75) is 38.3 Å². The number of aryl methyl sites for hydroxylation is 2. The van der Waals surface area contributed by atoms with Gasteiger partial charge in [-0.3, -0.25) is 14.4 Å². The minimum Gasteiger partial charge on any atom is -0.480 e. The topological polar surface area (TPSA) is 116 Å². The van der Waals surface area contributed by atoms with Crippen LogP contribution in [-0.4, -0.2) is 56.9 Å². The summed E-state index contributed by atoms with van der Waals surface area (Å²) in [7, 11) is 0. The van der Waals surface area contributed by atoms with Gasteiger partial charge in [-0.25, -0.2) is 9.97 Å². The first kappa shape index (κ1) is 31.0. The molecule has 0 spiro atoms. The number of aromatic nitrogens is 2. The maximum Gasteiger partial charge on any atom is 0.323 e. The van der Waals surface area contributed by atoms with Gasteiger partial charge >= 0.3 is 5.97 Å². The molecule has 0 radical (unpaired) electrons. The van der Waals surface area contributed by atoms with Gasteiger partial charge in [0, 0.05) is 35.0 Å². The summed E-state index contributed by atoms with van der Waals surface area (Å²) in [5.74, 6) is -1.51. The normalized spacial score (nSPS) is 14.3. The van der Waals surface area contributed by atoms with E-state index in [1.54, 1.807) is 48.5 Å². The van der Waals surface area contributed by atoms with Crippen molar-refractivity contribution in [3.8, 4) is 0 Å². The monoisotopic (exact) mass is 631 g/mol. The maximum absolute atomic E-state index is 13.9. The molecule has 2 amide bonds. The summed E-state index contributed by atoms with van der Waals surface area (Å²) in [6.07, 6.45) is 3.84. The van der Waals surface area contributed by atoms with Gasteiger partial charge in [-0.05, 0) is 67.1 Å². The average Bonchev–Trinajstić information content (AvgIpc) is 3.52. The van der Waals surface area contributed by atoms with E-state index in [1.807, 2.05) is 35.2 Å². The van der Waals surface area contributed by atoms with Crippen LogP contribution in [-0.2, 0) is 29.0 Å². The minimum absolute atomic E-state index is 0.00372. The Kier molecular flexibility index (Phi) is 10.1. The predicted octanol–water partition coefficient (Wildman–Crippen LogP) is 5.90. The second-order valence-corrected chi connectivity index (χ2v) is 11.4. The summed E-state index contributed by atoms with van der Waals surface area (Å²) in [4.78, 5) is 51.4. The molecule has 1 atom stereocenters. The number of carboxylic acid groups (broad SMARTS) is 1. The maximum atomic E-state index is 13.9. The highest BCUT2D eigenvalue weighted by atomic mass is 35.5. The Morgan fingerprint density at radius 2 is 1.68 bits per heavy atom. The standard InChI is InChI=1S/C33H31Cl2N5O4/c34-24-13-15-25(16-14-24)37-31(43)29-11-6-18-40(29)33-36-19-26(28(38-33)17-12-22-7-2-1-3-8-22)32(44)39(21-30(41)42)20-23-9-4-5-10-27(23)35/h1-5,7-10,13-16,19,29H,6,11-12,17-18,20-21H2,(H,37,43)(H,41,42)/t29-/m1/s1. The first-order chi connectivity index (χ1) is 21.3. The smallest absolute Gasteiger partial charge is 0.323 e. The Labute approximate surface area is 265 Å². The third-order valence-electron chi connectivity index (χ3n) is 7.44. The van der Waals surface area contributed by atoms with Crippen molar-refractivity contribution in [2.24, 2.45) is 0 Å². The summed E-state index contributed by atoms with van der Waals surface area (Å²) in [6.45, 7) is 0.0501. The van der Waals surface area contributed by atoms with E-state index in [-0.39, 0.29) is 18.0 Å². The Balaban J connectivity index is 1.44. The van der Waals surface area contributed by atoms with Crippen molar-refractivity contribution >= 4 is 52.6 Å². The molecule has 5 rings (SSSR count). The third-order valence-corrected chi connectivity index (χ3v) is 8.06. The largest absolute Gasteiger partial charge is 0.480 e. The molecule has 9 nitrogen and oxygen atoms in total. The zero-order chi connectivity index (χ0) is 31.1. The molecule has 1 fully saturated rings. The second kappa shape index (κ2) is 14.3. The molecule has 1 aliphatic heterocycles. The lowest BCUT2D eigenvalue weighted by molar-refractivity contribution is -0.137. The van der Waals surface area contributed by atoms with E-state index >= 15 is 0 Å². The number of amides is 2. The minimum atomic E-state index is -1.15.